The molecule has 3 N–H and O–H groups in total. The summed E-state index contributed by atoms with van der Waals surface area (Å²) in [5.74, 6) is -1.48. The Balaban J connectivity index is 2.51. The molecule has 1 aliphatic rings. The van der Waals surface area contributed by atoms with Crippen molar-refractivity contribution in [3.8, 4) is 0 Å². The Morgan fingerprint density at radius 3 is 2.87 bits per heavy atom. The van der Waals surface area contributed by atoms with Gasteiger partial charge >= 0.3 is 5.97 Å². The van der Waals surface area contributed by atoms with Crippen LogP contribution in [0.2, 0.25) is 0 Å². The Labute approximate surface area is 95.1 Å². The zero-order valence-corrected chi connectivity index (χ0v) is 9.36. The van der Waals surface area contributed by atoms with Crippen LogP contribution in [0, 0.1) is 0 Å². The quantitative estimate of drug-likeness (QED) is 0.718. The average molecular weight is 272 g/mol. The van der Waals surface area contributed by atoms with Crippen LogP contribution in [0.5, 0.6) is 0 Å². The molecule has 1 aliphatic heterocycles. The van der Waals surface area contributed by atoms with Gasteiger partial charge in [-0.3, -0.25) is 10.1 Å². The van der Waals surface area contributed by atoms with Crippen molar-refractivity contribution in [3.05, 3.63) is 33.8 Å². The maximum atomic E-state index is 11.0. The molecular weight excluding hydrogens is 262 g/mol. The number of halogens is 1. The number of rotatable bonds is 1. The van der Waals surface area contributed by atoms with Crippen LogP contribution in [0.4, 0.5) is 0 Å². The first kappa shape index (κ1) is 10.6. The molecule has 80 valence electrons. The molecule has 2 unspecified atom stereocenters. The van der Waals surface area contributed by atoms with Gasteiger partial charge in [0, 0.05) is 11.0 Å². The molecule has 15 heavy (non-hydrogen) atoms. The second-order valence-corrected chi connectivity index (χ2v) is 4.39. The van der Waals surface area contributed by atoms with Crippen LogP contribution in [0.1, 0.15) is 23.3 Å². The zero-order chi connectivity index (χ0) is 11.0. The Bertz CT molecular complexity index is 408. The number of aliphatic carboxylic acids is 1. The normalized spacial score (nSPS) is 24.7. The van der Waals surface area contributed by atoms with Gasteiger partial charge in [0.1, 0.15) is 6.23 Å². The van der Waals surface area contributed by atoms with Crippen LogP contribution in [0.3, 0.4) is 0 Å². The lowest BCUT2D eigenvalue weighted by atomic mass is 9.90. The van der Waals surface area contributed by atoms with Crippen LogP contribution in [0.15, 0.2) is 22.7 Å². The minimum atomic E-state index is -0.881. The topological polar surface area (TPSA) is 69.6 Å². The average Bonchev–Trinajstić information content (AvgIpc) is 2.17. The van der Waals surface area contributed by atoms with Gasteiger partial charge < -0.3 is 10.2 Å². The molecule has 4 nitrogen and oxygen atoms in total. The Morgan fingerprint density at radius 1 is 1.47 bits per heavy atom. The van der Waals surface area contributed by atoms with E-state index in [4.69, 9.17) is 5.11 Å². The number of hydrogen-bond donors (Lipinski definition) is 3. The number of carboxylic acid groups (broad SMARTS) is 1. The Kier molecular flexibility index (Phi) is 2.77. The van der Waals surface area contributed by atoms with Gasteiger partial charge in [-0.1, -0.05) is 22.0 Å². The minimum Gasteiger partial charge on any atom is -0.481 e. The maximum absolute atomic E-state index is 11.0. The molecule has 0 radical (unpaired) electrons. The number of nitrogens with one attached hydrogen (secondary N) is 1. The number of aliphatic hydroxyl groups is 1. The lowest BCUT2D eigenvalue weighted by Gasteiger charge is -2.27. The summed E-state index contributed by atoms with van der Waals surface area (Å²) in [5.41, 5.74) is 1.31. The fourth-order valence-electron chi connectivity index (χ4n) is 1.77. The van der Waals surface area contributed by atoms with Crippen molar-refractivity contribution in [2.24, 2.45) is 0 Å². The van der Waals surface area contributed by atoms with Gasteiger partial charge in [-0.05, 0) is 23.3 Å². The molecule has 2 rings (SSSR count). The summed E-state index contributed by atoms with van der Waals surface area (Å²) in [6.45, 7) is 0.250. The third-order valence-electron chi connectivity index (χ3n) is 2.53. The molecule has 0 saturated heterocycles. The molecule has 2 atom stereocenters. The molecule has 1 aromatic rings. The van der Waals surface area contributed by atoms with Gasteiger partial charge in [-0.2, -0.15) is 0 Å². The van der Waals surface area contributed by atoms with E-state index < -0.39 is 18.1 Å². The van der Waals surface area contributed by atoms with Crippen molar-refractivity contribution in [3.63, 3.8) is 0 Å². The highest BCUT2D eigenvalue weighted by molar-refractivity contribution is 9.10. The molecule has 0 spiro atoms. The lowest BCUT2D eigenvalue weighted by molar-refractivity contribution is -0.139. The smallest absolute Gasteiger partial charge is 0.312 e. The van der Waals surface area contributed by atoms with Crippen molar-refractivity contribution in [1.82, 2.24) is 5.32 Å². The van der Waals surface area contributed by atoms with E-state index in [0.717, 1.165) is 4.47 Å². The van der Waals surface area contributed by atoms with Gasteiger partial charge in [0.05, 0.1) is 5.92 Å². The number of aliphatic hydroxyl groups excluding tert-OH is 1. The summed E-state index contributed by atoms with van der Waals surface area (Å²) in [6.07, 6.45) is -0.774. The van der Waals surface area contributed by atoms with Gasteiger partial charge in [0.25, 0.3) is 0 Å². The summed E-state index contributed by atoms with van der Waals surface area (Å²) in [6, 6.07) is 5.26. The summed E-state index contributed by atoms with van der Waals surface area (Å²) in [7, 11) is 0. The fourth-order valence-corrected chi connectivity index (χ4v) is 2.14. The molecule has 0 amide bonds. The number of hydrogen-bond acceptors (Lipinski definition) is 3. The first-order valence-electron chi connectivity index (χ1n) is 4.53. The van der Waals surface area contributed by atoms with Crippen LogP contribution < -0.4 is 5.32 Å². The van der Waals surface area contributed by atoms with Crippen LogP contribution in [-0.2, 0) is 4.79 Å². The second-order valence-electron chi connectivity index (χ2n) is 3.47. The standard InChI is InChI=1S/C10H10BrNO3/c11-5-1-2-6-7(3-5)8(10(14)15)4-12-9(6)13/h1-3,8-9,12-13H,4H2,(H,14,15). The monoisotopic (exact) mass is 271 g/mol. The molecule has 5 heteroatoms. The van der Waals surface area contributed by atoms with Crippen LogP contribution >= 0.6 is 15.9 Å². The molecule has 0 fully saturated rings. The zero-order valence-electron chi connectivity index (χ0n) is 7.77. The Hall–Kier alpha value is -0.910. The molecule has 1 heterocycles. The highest BCUT2D eigenvalue weighted by atomic mass is 79.9. The second kappa shape index (κ2) is 3.92. The highest BCUT2D eigenvalue weighted by Crippen LogP contribution is 2.31. The van der Waals surface area contributed by atoms with Crippen molar-refractivity contribution in [2.75, 3.05) is 6.54 Å². The van der Waals surface area contributed by atoms with E-state index in [1.54, 1.807) is 18.2 Å². The van der Waals surface area contributed by atoms with E-state index in [-0.39, 0.29) is 6.54 Å². The van der Waals surface area contributed by atoms with Crippen molar-refractivity contribution in [2.45, 2.75) is 12.1 Å². The van der Waals surface area contributed by atoms with E-state index in [1.165, 1.54) is 0 Å². The van der Waals surface area contributed by atoms with Crippen molar-refractivity contribution >= 4 is 21.9 Å². The van der Waals surface area contributed by atoms with Crippen molar-refractivity contribution < 1.29 is 15.0 Å². The molecule has 1 aromatic carbocycles. The van der Waals surface area contributed by atoms with E-state index in [1.807, 2.05) is 0 Å². The molecular formula is C10H10BrNO3. The van der Waals surface area contributed by atoms with Crippen LogP contribution in [0.25, 0.3) is 0 Å². The van der Waals surface area contributed by atoms with Crippen LogP contribution in [-0.4, -0.2) is 22.7 Å². The van der Waals surface area contributed by atoms with E-state index in [2.05, 4.69) is 21.2 Å². The highest BCUT2D eigenvalue weighted by Gasteiger charge is 2.30. The maximum Gasteiger partial charge on any atom is 0.312 e. The van der Waals surface area contributed by atoms with Gasteiger partial charge in [-0.15, -0.1) is 0 Å². The summed E-state index contributed by atoms with van der Waals surface area (Å²) in [4.78, 5) is 11.0. The van der Waals surface area contributed by atoms with Gasteiger partial charge in [-0.25, -0.2) is 0 Å². The first-order chi connectivity index (χ1) is 7.09. The Morgan fingerprint density at radius 2 is 2.20 bits per heavy atom. The third kappa shape index (κ3) is 1.90. The first-order valence-corrected chi connectivity index (χ1v) is 5.32. The molecule has 0 bridgehead atoms. The van der Waals surface area contributed by atoms with Gasteiger partial charge in [0.2, 0.25) is 0 Å². The number of fused-ring (bicyclic) bond motifs is 1. The predicted molar refractivity (Wildman–Crippen MR) is 57.5 cm³/mol. The number of carbonyl (C=O) groups is 1. The largest absolute Gasteiger partial charge is 0.481 e. The third-order valence-corrected chi connectivity index (χ3v) is 3.03. The summed E-state index contributed by atoms with van der Waals surface area (Å²) < 4.78 is 0.821. The number of benzene rings is 1. The van der Waals surface area contributed by atoms with E-state index >= 15 is 0 Å². The summed E-state index contributed by atoms with van der Waals surface area (Å²) in [5, 5.41) is 21.4. The summed E-state index contributed by atoms with van der Waals surface area (Å²) >= 11 is 3.29. The number of carboxylic acids is 1. The lowest BCUT2D eigenvalue weighted by Crippen LogP contribution is -2.36. The molecule has 0 saturated carbocycles. The van der Waals surface area contributed by atoms with Gasteiger partial charge in [0.15, 0.2) is 0 Å². The molecule has 0 aromatic heterocycles. The van der Waals surface area contributed by atoms with Crippen molar-refractivity contribution in [1.29, 1.82) is 0 Å². The van der Waals surface area contributed by atoms with E-state index in [9.17, 15) is 9.90 Å². The minimum absolute atomic E-state index is 0.250. The fraction of sp³-hybridized carbons (Fsp3) is 0.300. The SMILES string of the molecule is O=C(O)C1CNC(O)c2ccc(Br)cc21. The van der Waals surface area contributed by atoms with E-state index in [0.29, 0.717) is 11.1 Å². The predicted octanol–water partition coefficient (Wildman–Crippen LogP) is 1.21. The molecule has 0 aliphatic carbocycles.